The Morgan fingerprint density at radius 1 is 1.19 bits per heavy atom. The highest BCUT2D eigenvalue weighted by atomic mass is 32.2. The van der Waals surface area contributed by atoms with Crippen molar-refractivity contribution in [2.45, 2.75) is 12.7 Å². The molecule has 31 heavy (non-hydrogen) atoms. The maximum absolute atomic E-state index is 13.1. The summed E-state index contributed by atoms with van der Waals surface area (Å²) in [7, 11) is -5.26. The second-order valence-electron chi connectivity index (χ2n) is 6.21. The Labute approximate surface area is 174 Å². The highest BCUT2D eigenvalue weighted by molar-refractivity contribution is 7.87. The van der Waals surface area contributed by atoms with Gasteiger partial charge in [-0.3, -0.25) is 9.59 Å². The van der Waals surface area contributed by atoms with Gasteiger partial charge in [-0.2, -0.15) is 22.3 Å². The van der Waals surface area contributed by atoms with Gasteiger partial charge in [0, 0.05) is 18.0 Å². The summed E-state index contributed by atoms with van der Waals surface area (Å²) in [6.45, 7) is 1.56. The molecule has 1 heterocycles. The van der Waals surface area contributed by atoms with E-state index in [1.165, 1.54) is 41.2 Å². The monoisotopic (exact) mass is 453 g/mol. The molecule has 0 bridgehead atoms. The number of amides is 1. The van der Waals surface area contributed by atoms with Crippen molar-refractivity contribution in [1.29, 1.82) is 0 Å². The minimum absolute atomic E-state index is 0.0102. The van der Waals surface area contributed by atoms with E-state index in [0.29, 0.717) is 11.4 Å². The lowest BCUT2D eigenvalue weighted by Crippen LogP contribution is -2.19. The van der Waals surface area contributed by atoms with E-state index in [0.717, 1.165) is 12.1 Å². The summed E-state index contributed by atoms with van der Waals surface area (Å²) < 4.78 is 66.5. The number of carbonyl (C=O) groups is 2. The van der Waals surface area contributed by atoms with E-state index in [4.69, 9.17) is 0 Å². The standard InChI is InChI=1S/C19H14F3N3O5S/c1-11-16(9-25(24-11)15-6-3-13(20)4-7-15)18(27)23-14-5-2-12(10-26)17(8-14)30-31(28,29)19(21)22/h2-10,19H,1H3,(H,23,27). The average molecular weight is 453 g/mol. The van der Waals surface area contributed by atoms with Gasteiger partial charge < -0.3 is 9.50 Å². The van der Waals surface area contributed by atoms with Gasteiger partial charge in [0.05, 0.1) is 22.5 Å². The molecule has 1 N–H and O–H groups in total. The van der Waals surface area contributed by atoms with E-state index >= 15 is 0 Å². The second kappa shape index (κ2) is 8.60. The molecule has 0 aliphatic carbocycles. The molecule has 8 nitrogen and oxygen atoms in total. The molecule has 12 heteroatoms. The maximum Gasteiger partial charge on any atom is 0.372 e. The van der Waals surface area contributed by atoms with Gasteiger partial charge in [0.1, 0.15) is 5.82 Å². The molecule has 0 spiro atoms. The van der Waals surface area contributed by atoms with Crippen LogP contribution < -0.4 is 9.50 Å². The number of alkyl halides is 2. The summed E-state index contributed by atoms with van der Waals surface area (Å²) in [5.74, 6) is -5.55. The number of nitrogens with one attached hydrogen (secondary N) is 1. The first kappa shape index (κ1) is 22.0. The molecule has 1 aromatic heterocycles. The van der Waals surface area contributed by atoms with Crippen LogP contribution in [-0.2, 0) is 10.1 Å². The second-order valence-corrected chi connectivity index (χ2v) is 7.72. The van der Waals surface area contributed by atoms with E-state index in [9.17, 15) is 31.2 Å². The maximum atomic E-state index is 13.1. The highest BCUT2D eigenvalue weighted by Gasteiger charge is 2.27. The number of rotatable bonds is 7. The smallest absolute Gasteiger partial charge is 0.372 e. The molecule has 2 aromatic carbocycles. The van der Waals surface area contributed by atoms with E-state index < -0.39 is 33.3 Å². The third kappa shape index (κ3) is 4.91. The van der Waals surface area contributed by atoms with E-state index in [1.807, 2.05) is 0 Å². The lowest BCUT2D eigenvalue weighted by atomic mass is 10.2. The molecule has 1 amide bonds. The van der Waals surface area contributed by atoms with Crippen LogP contribution in [0.1, 0.15) is 26.4 Å². The molecule has 162 valence electrons. The average Bonchev–Trinajstić information content (AvgIpc) is 3.10. The molecular formula is C19H14F3N3O5S. The molecular weight excluding hydrogens is 439 g/mol. The summed E-state index contributed by atoms with van der Waals surface area (Å²) in [5, 5.41) is 6.63. The SMILES string of the molecule is Cc1nn(-c2ccc(F)cc2)cc1C(=O)Nc1ccc(C=O)c(OS(=O)(=O)C(F)F)c1. The predicted molar refractivity (Wildman–Crippen MR) is 104 cm³/mol. The molecule has 0 radical (unpaired) electrons. The van der Waals surface area contributed by atoms with Gasteiger partial charge in [-0.25, -0.2) is 9.07 Å². The van der Waals surface area contributed by atoms with Crippen molar-refractivity contribution in [3.63, 3.8) is 0 Å². The van der Waals surface area contributed by atoms with E-state index in [1.54, 1.807) is 6.92 Å². The molecule has 0 saturated heterocycles. The summed E-state index contributed by atoms with van der Waals surface area (Å²) in [6.07, 6.45) is 1.62. The van der Waals surface area contributed by atoms with Crippen LogP contribution in [0.2, 0.25) is 0 Å². The van der Waals surface area contributed by atoms with Crippen molar-refractivity contribution >= 4 is 28.0 Å². The molecule has 0 atom stereocenters. The Hall–Kier alpha value is -3.67. The quantitative estimate of drug-likeness (QED) is 0.435. The van der Waals surface area contributed by atoms with Crippen molar-refractivity contribution in [1.82, 2.24) is 9.78 Å². The van der Waals surface area contributed by atoms with Gasteiger partial charge in [-0.1, -0.05) is 0 Å². The summed E-state index contributed by atoms with van der Waals surface area (Å²) in [6, 6.07) is 8.70. The van der Waals surface area contributed by atoms with Crippen LogP contribution in [0, 0.1) is 12.7 Å². The fourth-order valence-corrected chi connectivity index (χ4v) is 3.02. The third-order valence-corrected chi connectivity index (χ3v) is 4.91. The molecule has 0 unspecified atom stereocenters. The largest absolute Gasteiger partial charge is 0.378 e. The third-order valence-electron chi connectivity index (χ3n) is 4.06. The van der Waals surface area contributed by atoms with E-state index in [-0.39, 0.29) is 23.1 Å². The number of hydrogen-bond acceptors (Lipinski definition) is 6. The Morgan fingerprint density at radius 2 is 1.87 bits per heavy atom. The molecule has 3 aromatic rings. The molecule has 0 aliphatic heterocycles. The molecule has 3 rings (SSSR count). The zero-order chi connectivity index (χ0) is 22.8. The minimum atomic E-state index is -5.26. The van der Waals surface area contributed by atoms with Gasteiger partial charge in [-0.15, -0.1) is 0 Å². The topological polar surface area (TPSA) is 107 Å². The Kier molecular flexibility index (Phi) is 6.11. The van der Waals surface area contributed by atoms with Crippen molar-refractivity contribution < 1.29 is 35.4 Å². The number of aldehydes is 1. The van der Waals surface area contributed by atoms with Crippen LogP contribution in [-0.4, -0.2) is 36.1 Å². The van der Waals surface area contributed by atoms with Crippen LogP contribution in [0.15, 0.2) is 48.7 Å². The van der Waals surface area contributed by atoms with Gasteiger partial charge in [-0.05, 0) is 43.3 Å². The molecule has 0 fully saturated rings. The number of hydrogen-bond donors (Lipinski definition) is 1. The predicted octanol–water partition coefficient (Wildman–Crippen LogP) is 3.32. The first-order valence-electron chi connectivity index (χ1n) is 8.55. The van der Waals surface area contributed by atoms with Gasteiger partial charge >= 0.3 is 15.9 Å². The summed E-state index contributed by atoms with van der Waals surface area (Å²) in [4.78, 5) is 23.7. The zero-order valence-electron chi connectivity index (χ0n) is 15.8. The Morgan fingerprint density at radius 3 is 2.48 bits per heavy atom. The van der Waals surface area contributed by atoms with Crippen LogP contribution in [0.3, 0.4) is 0 Å². The van der Waals surface area contributed by atoms with Gasteiger partial charge in [0.2, 0.25) is 0 Å². The van der Waals surface area contributed by atoms with Crippen molar-refractivity contribution in [2.24, 2.45) is 0 Å². The minimum Gasteiger partial charge on any atom is -0.378 e. The number of anilines is 1. The number of benzene rings is 2. The number of halogens is 3. The van der Waals surface area contributed by atoms with E-state index in [2.05, 4.69) is 14.6 Å². The zero-order valence-corrected chi connectivity index (χ0v) is 16.6. The van der Waals surface area contributed by atoms with Crippen LogP contribution in [0.4, 0.5) is 18.9 Å². The molecule has 0 saturated carbocycles. The summed E-state index contributed by atoms with van der Waals surface area (Å²) >= 11 is 0. The lowest BCUT2D eigenvalue weighted by Gasteiger charge is -2.10. The lowest BCUT2D eigenvalue weighted by molar-refractivity contribution is 0.102. The van der Waals surface area contributed by atoms with Gasteiger partial charge in [0.25, 0.3) is 5.91 Å². The number of carbonyl (C=O) groups excluding carboxylic acids is 2. The number of aromatic nitrogens is 2. The van der Waals surface area contributed by atoms with Crippen molar-refractivity contribution in [2.75, 3.05) is 5.32 Å². The Bertz CT molecular complexity index is 1240. The van der Waals surface area contributed by atoms with Crippen molar-refractivity contribution in [3.8, 4) is 11.4 Å². The first-order chi connectivity index (χ1) is 14.6. The fraction of sp³-hybridized carbons (Fsp3) is 0.105. The number of nitrogens with zero attached hydrogens (tertiary/aromatic N) is 2. The summed E-state index contributed by atoms with van der Waals surface area (Å²) in [5.41, 5.74) is 0.674. The fourth-order valence-electron chi connectivity index (χ4n) is 2.55. The first-order valence-corrected chi connectivity index (χ1v) is 10.0. The van der Waals surface area contributed by atoms with Crippen LogP contribution in [0.5, 0.6) is 5.75 Å². The van der Waals surface area contributed by atoms with Crippen LogP contribution in [0.25, 0.3) is 5.69 Å². The van der Waals surface area contributed by atoms with Gasteiger partial charge in [0.15, 0.2) is 12.0 Å². The number of aryl methyl sites for hydroxylation is 1. The normalized spacial score (nSPS) is 11.4. The van der Waals surface area contributed by atoms with Crippen LogP contribution >= 0.6 is 0 Å². The molecule has 0 aliphatic rings. The Balaban J connectivity index is 1.86. The van der Waals surface area contributed by atoms with Crippen molar-refractivity contribution in [3.05, 3.63) is 71.3 Å². The highest BCUT2D eigenvalue weighted by Crippen LogP contribution is 2.26.